The summed E-state index contributed by atoms with van der Waals surface area (Å²) in [6.07, 6.45) is -5.72. The van der Waals surface area contributed by atoms with Gasteiger partial charge in [-0.1, -0.05) is 0 Å². The molecule has 0 aromatic rings. The molecule has 1 aliphatic heterocycles. The van der Waals surface area contributed by atoms with Crippen LogP contribution in [0.2, 0.25) is 0 Å². The lowest BCUT2D eigenvalue weighted by molar-refractivity contribution is -0.0778. The fourth-order valence-electron chi connectivity index (χ4n) is 1.27. The summed E-state index contributed by atoms with van der Waals surface area (Å²) in [6.45, 7) is 0.148. The maximum absolute atomic E-state index is 12.3. The van der Waals surface area contributed by atoms with Crippen LogP contribution in [0.25, 0.3) is 0 Å². The van der Waals surface area contributed by atoms with Crippen LogP contribution in [0.1, 0.15) is 0 Å². The predicted molar refractivity (Wildman–Crippen MR) is 47.0 cm³/mol. The molecule has 0 aliphatic carbocycles. The van der Waals surface area contributed by atoms with Gasteiger partial charge in [0.25, 0.3) is 0 Å². The minimum absolute atomic E-state index is 0.00167. The van der Waals surface area contributed by atoms with Crippen LogP contribution in [-0.2, 0) is 4.74 Å². The van der Waals surface area contributed by atoms with Crippen molar-refractivity contribution in [3.63, 3.8) is 0 Å². The van der Waals surface area contributed by atoms with Gasteiger partial charge in [-0.3, -0.25) is 15.7 Å². The van der Waals surface area contributed by atoms with E-state index < -0.39 is 18.2 Å². The van der Waals surface area contributed by atoms with Gasteiger partial charge >= 0.3 is 6.18 Å². The molecule has 86 valence electrons. The van der Waals surface area contributed by atoms with Gasteiger partial charge in [0.1, 0.15) is 12.1 Å². The first kappa shape index (κ1) is 11.9. The monoisotopic (exact) mass is 224 g/mol. The second-order valence-corrected chi connectivity index (χ2v) is 2.98. The zero-order chi connectivity index (χ0) is 11.6. The molecular weight excluding hydrogens is 213 g/mol. The minimum Gasteiger partial charge on any atom is -0.360 e. The summed E-state index contributed by atoms with van der Waals surface area (Å²) < 4.78 is 41.6. The Kier molecular flexibility index (Phi) is 3.30. The Morgan fingerprint density at radius 1 is 1.60 bits per heavy atom. The zero-order valence-electron chi connectivity index (χ0n) is 7.98. The summed E-state index contributed by atoms with van der Waals surface area (Å²) in [7, 11) is 1.24. The maximum Gasteiger partial charge on any atom is 0.449 e. The van der Waals surface area contributed by atoms with Crippen LogP contribution in [0.4, 0.5) is 13.2 Å². The van der Waals surface area contributed by atoms with Gasteiger partial charge in [0.05, 0.1) is 6.54 Å². The molecule has 1 atom stereocenters. The molecule has 0 bridgehead atoms. The van der Waals surface area contributed by atoms with Crippen molar-refractivity contribution in [2.24, 2.45) is 0 Å². The van der Waals surface area contributed by atoms with Crippen LogP contribution in [0.15, 0.2) is 0 Å². The largest absolute Gasteiger partial charge is 0.449 e. The van der Waals surface area contributed by atoms with Crippen LogP contribution < -0.4 is 5.32 Å². The second kappa shape index (κ2) is 4.15. The Balaban J connectivity index is 2.88. The topological polar surface area (TPSA) is 72.2 Å². The summed E-state index contributed by atoms with van der Waals surface area (Å²) in [6, 6.07) is 0. The van der Waals surface area contributed by atoms with Crippen molar-refractivity contribution in [1.82, 2.24) is 10.2 Å². The molecule has 1 fully saturated rings. The Morgan fingerprint density at radius 2 is 2.20 bits per heavy atom. The number of alkyl halides is 3. The third-order valence-electron chi connectivity index (χ3n) is 1.97. The van der Waals surface area contributed by atoms with E-state index >= 15 is 0 Å². The van der Waals surface area contributed by atoms with Gasteiger partial charge in [0.15, 0.2) is 0 Å². The predicted octanol–water partition coefficient (Wildman–Crippen LogP) is 0.381. The first-order chi connectivity index (χ1) is 6.88. The van der Waals surface area contributed by atoms with Gasteiger partial charge in [0.2, 0.25) is 5.84 Å². The Hall–Kier alpha value is -1.15. The lowest BCUT2D eigenvalue weighted by Gasteiger charge is -2.37. The lowest BCUT2D eigenvalue weighted by Crippen LogP contribution is -2.60. The highest BCUT2D eigenvalue weighted by molar-refractivity contribution is 6.02. The first-order valence-electron chi connectivity index (χ1n) is 4.14. The number of hydrogen-bond acceptors (Lipinski definition) is 4. The highest BCUT2D eigenvalue weighted by Gasteiger charge is 2.43. The molecule has 0 aromatic heterocycles. The van der Waals surface area contributed by atoms with E-state index in [9.17, 15) is 13.2 Å². The highest BCUT2D eigenvalue weighted by Crippen LogP contribution is 2.21. The normalized spacial score (nSPS) is 23.1. The third kappa shape index (κ3) is 2.45. The molecule has 3 N–H and O–H groups in total. The molecule has 1 unspecified atom stereocenters. The third-order valence-corrected chi connectivity index (χ3v) is 1.97. The molecular formula is C7H11F3N4O. The van der Waals surface area contributed by atoms with Gasteiger partial charge in [-0.05, 0) is 0 Å². The molecule has 0 radical (unpaired) electrons. The Bertz CT molecular complexity index is 278. The van der Waals surface area contributed by atoms with Crippen molar-refractivity contribution in [2.75, 3.05) is 20.2 Å². The molecule has 1 saturated heterocycles. The number of piperazine rings is 1. The number of halogens is 3. The molecule has 15 heavy (non-hydrogen) atoms. The van der Waals surface area contributed by atoms with Crippen LogP contribution in [0, 0.1) is 10.8 Å². The molecule has 1 heterocycles. The smallest absolute Gasteiger partial charge is 0.360 e. The molecule has 0 saturated carbocycles. The maximum atomic E-state index is 12.3. The van der Waals surface area contributed by atoms with Crippen molar-refractivity contribution >= 4 is 11.7 Å². The van der Waals surface area contributed by atoms with Gasteiger partial charge in [0, 0.05) is 13.7 Å². The van der Waals surface area contributed by atoms with Crippen LogP contribution in [0.3, 0.4) is 0 Å². The van der Waals surface area contributed by atoms with Gasteiger partial charge in [-0.2, -0.15) is 13.2 Å². The average Bonchev–Trinajstić information content (AvgIpc) is 2.15. The minimum atomic E-state index is -4.76. The fraction of sp³-hybridized carbons (Fsp3) is 0.714. The van der Waals surface area contributed by atoms with Crippen LogP contribution in [0.5, 0.6) is 0 Å². The van der Waals surface area contributed by atoms with E-state index in [0.717, 1.165) is 0 Å². The Labute approximate surface area is 84.2 Å². The van der Waals surface area contributed by atoms with Crippen LogP contribution in [-0.4, -0.2) is 49.2 Å². The number of hydrogen-bond donors (Lipinski definition) is 3. The number of methoxy groups -OCH3 is 1. The summed E-state index contributed by atoms with van der Waals surface area (Å²) in [5, 5.41) is 17.0. The van der Waals surface area contributed by atoms with Crippen LogP contribution >= 0.6 is 0 Å². The van der Waals surface area contributed by atoms with Gasteiger partial charge < -0.3 is 10.1 Å². The van der Waals surface area contributed by atoms with E-state index in [-0.39, 0.29) is 18.9 Å². The van der Waals surface area contributed by atoms with E-state index in [1.165, 1.54) is 7.11 Å². The molecule has 0 amide bonds. The average molecular weight is 224 g/mol. The number of ether oxygens (including phenoxy) is 1. The fourth-order valence-corrected chi connectivity index (χ4v) is 1.27. The van der Waals surface area contributed by atoms with Crippen molar-refractivity contribution in [3.05, 3.63) is 0 Å². The lowest BCUT2D eigenvalue weighted by atomic mass is 10.3. The van der Waals surface area contributed by atoms with E-state index in [0.29, 0.717) is 4.90 Å². The van der Waals surface area contributed by atoms with Gasteiger partial charge in [-0.15, -0.1) is 0 Å². The molecule has 0 spiro atoms. The number of nitrogens with zero attached hydrogens (tertiary/aromatic N) is 1. The van der Waals surface area contributed by atoms with Crippen molar-refractivity contribution in [2.45, 2.75) is 12.4 Å². The standard InChI is InChI=1S/C7H11F3N4O/c1-15-5-3-13-2-4(11)14(5)6(12)7(8,9)10/h5,11-13H,2-3H2,1H3. The van der Waals surface area contributed by atoms with E-state index in [2.05, 4.69) is 5.32 Å². The number of nitrogens with one attached hydrogen (secondary N) is 3. The molecule has 8 heteroatoms. The van der Waals surface area contributed by atoms with Crippen molar-refractivity contribution < 1.29 is 17.9 Å². The molecule has 1 aliphatic rings. The van der Waals surface area contributed by atoms with Crippen molar-refractivity contribution in [1.29, 1.82) is 10.8 Å². The molecule has 5 nitrogen and oxygen atoms in total. The summed E-state index contributed by atoms with van der Waals surface area (Å²) in [5.74, 6) is -1.89. The zero-order valence-corrected chi connectivity index (χ0v) is 7.98. The SMILES string of the molecule is COC1CNCC(=N)N1C(=N)C(F)(F)F. The highest BCUT2D eigenvalue weighted by atomic mass is 19.4. The van der Waals surface area contributed by atoms with Crippen molar-refractivity contribution in [3.8, 4) is 0 Å². The molecule has 0 aromatic carbocycles. The Morgan fingerprint density at radius 3 is 2.67 bits per heavy atom. The summed E-state index contributed by atoms with van der Waals surface area (Å²) in [4.78, 5) is 0.538. The molecule has 1 rings (SSSR count). The van der Waals surface area contributed by atoms with E-state index in [4.69, 9.17) is 15.6 Å². The van der Waals surface area contributed by atoms with E-state index in [1.807, 2.05) is 0 Å². The number of rotatable bonds is 1. The quantitative estimate of drug-likeness (QED) is 0.445. The van der Waals surface area contributed by atoms with Gasteiger partial charge in [-0.25, -0.2) is 0 Å². The second-order valence-electron chi connectivity index (χ2n) is 2.98. The first-order valence-corrected chi connectivity index (χ1v) is 4.14. The number of amidine groups is 2. The van der Waals surface area contributed by atoms with E-state index in [1.54, 1.807) is 0 Å². The summed E-state index contributed by atoms with van der Waals surface area (Å²) >= 11 is 0. The summed E-state index contributed by atoms with van der Waals surface area (Å²) in [5.41, 5.74) is 0.